The van der Waals surface area contributed by atoms with Crippen molar-refractivity contribution in [1.82, 2.24) is 0 Å². The molecule has 6 heavy (non-hydrogen) atoms. The second kappa shape index (κ2) is 4.53. The zero-order chi connectivity index (χ0) is 4.99. The molecule has 3 heteroatoms. The molecular weight excluding hydrogens is 333 g/mol. The minimum absolute atomic E-state index is 0.0500. The molecule has 0 radical (unpaired) electrons. The van der Waals surface area contributed by atoms with Gasteiger partial charge in [-0.25, -0.2) is 0 Å². The Hall–Kier alpha value is 1.38. The fourth-order valence-electron chi connectivity index (χ4n) is 0.158. The van der Waals surface area contributed by atoms with Crippen LogP contribution < -0.4 is 0 Å². The molecule has 0 amide bonds. The zero-order valence-corrected chi connectivity index (χ0v) is 10.9. The van der Waals surface area contributed by atoms with Gasteiger partial charge in [0.2, 0.25) is 0 Å². The SMILES string of the molecule is CC(O)[CH2][Hg][Br]. The van der Waals surface area contributed by atoms with Gasteiger partial charge in [0.05, 0.1) is 0 Å². The first-order valence-corrected chi connectivity index (χ1v) is 17.8. The van der Waals surface area contributed by atoms with E-state index in [1.807, 2.05) is 6.92 Å². The van der Waals surface area contributed by atoms with Crippen LogP contribution in [-0.4, -0.2) is 11.2 Å². The van der Waals surface area contributed by atoms with Gasteiger partial charge in [0.1, 0.15) is 0 Å². The number of hydrogen-bond acceptors (Lipinski definition) is 1. The molecule has 1 N–H and O–H groups in total. The van der Waals surface area contributed by atoms with E-state index < -0.39 is 22.1 Å². The molecule has 0 saturated heterocycles. The molecule has 1 atom stereocenters. The maximum absolute atomic E-state index is 8.58. The zero-order valence-electron chi connectivity index (χ0n) is 3.82. The van der Waals surface area contributed by atoms with Crippen LogP contribution in [0.15, 0.2) is 0 Å². The molecule has 0 bridgehead atoms. The van der Waals surface area contributed by atoms with Gasteiger partial charge in [-0.05, 0) is 0 Å². The quantitative estimate of drug-likeness (QED) is 0.749. The summed E-state index contributed by atoms with van der Waals surface area (Å²) in [7, 11) is 0. The number of halogens is 1. The molecule has 1 nitrogen and oxygen atoms in total. The summed E-state index contributed by atoms with van der Waals surface area (Å²) >= 11 is 2.76. The van der Waals surface area contributed by atoms with E-state index in [4.69, 9.17) is 5.11 Å². The number of rotatable bonds is 2. The van der Waals surface area contributed by atoms with Gasteiger partial charge in [-0.1, -0.05) is 0 Å². The molecule has 0 aromatic rings. The number of aliphatic hydroxyl groups excluding tert-OH is 1. The van der Waals surface area contributed by atoms with Crippen molar-refractivity contribution in [1.29, 1.82) is 0 Å². The van der Waals surface area contributed by atoms with Gasteiger partial charge in [-0.3, -0.25) is 0 Å². The molecule has 0 spiro atoms. The summed E-state index contributed by atoms with van der Waals surface area (Å²) in [5.41, 5.74) is 0. The van der Waals surface area contributed by atoms with Crippen molar-refractivity contribution in [2.24, 2.45) is 0 Å². The summed E-state index contributed by atoms with van der Waals surface area (Å²) in [4.78, 5) is 0. The molecule has 0 aromatic heterocycles. The Labute approximate surface area is 55.8 Å². The normalized spacial score (nSPS) is 13.2. The van der Waals surface area contributed by atoms with E-state index in [0.717, 1.165) is 3.93 Å². The molecule has 0 aromatic carbocycles. The Balaban J connectivity index is 2.63. The predicted octanol–water partition coefficient (Wildman–Crippen LogP) is 1.18. The summed E-state index contributed by atoms with van der Waals surface area (Å²) in [6.45, 7) is 1.83. The molecule has 0 aliphatic carbocycles. The van der Waals surface area contributed by atoms with Crippen LogP contribution in [0.1, 0.15) is 6.92 Å². The minimum atomic E-state index is -0.650. The average Bonchev–Trinajstić information content (AvgIpc) is 1.35. The second-order valence-electron chi connectivity index (χ2n) is 1.33. The van der Waals surface area contributed by atoms with Gasteiger partial charge in [-0.15, -0.1) is 0 Å². The van der Waals surface area contributed by atoms with Crippen LogP contribution >= 0.6 is 11.9 Å². The van der Waals surface area contributed by atoms with E-state index >= 15 is 0 Å². The Morgan fingerprint density at radius 2 is 2.50 bits per heavy atom. The van der Waals surface area contributed by atoms with Gasteiger partial charge in [0, 0.05) is 0 Å². The van der Waals surface area contributed by atoms with Crippen LogP contribution in [0.2, 0.25) is 3.93 Å². The summed E-state index contributed by atoms with van der Waals surface area (Å²) in [6, 6.07) is 0. The van der Waals surface area contributed by atoms with E-state index in [1.165, 1.54) is 0 Å². The number of hydrogen-bond donors (Lipinski definition) is 1. The van der Waals surface area contributed by atoms with Crippen molar-refractivity contribution < 1.29 is 27.3 Å². The van der Waals surface area contributed by atoms with E-state index in [-0.39, 0.29) is 6.10 Å². The third-order valence-electron chi connectivity index (χ3n) is 0.527. The molecule has 0 fully saturated rings. The summed E-state index contributed by atoms with van der Waals surface area (Å²) in [5.74, 6) is 0. The molecule has 0 saturated carbocycles. The van der Waals surface area contributed by atoms with Crippen LogP contribution in [0.5, 0.6) is 0 Å². The summed E-state index contributed by atoms with van der Waals surface area (Å²) < 4.78 is 1.07. The standard InChI is InChI=1S/C3H7O.BrH.Hg/c1-3(2)4;;/h3-4H,1H2,2H3;1H;/q;;+1/p-1. The Morgan fingerprint density at radius 3 is 2.50 bits per heavy atom. The first kappa shape index (κ1) is 7.38. The monoisotopic (exact) mass is 340 g/mol. The van der Waals surface area contributed by atoms with E-state index in [0.29, 0.717) is 0 Å². The molecule has 0 aliphatic heterocycles. The molecule has 0 rings (SSSR count). The van der Waals surface area contributed by atoms with Gasteiger partial charge in [-0.2, -0.15) is 0 Å². The van der Waals surface area contributed by atoms with Gasteiger partial charge in [0.25, 0.3) is 0 Å². The first-order chi connectivity index (χ1) is 2.77. The third kappa shape index (κ3) is 5.38. The topological polar surface area (TPSA) is 20.2 Å². The van der Waals surface area contributed by atoms with Crippen LogP contribution in [0.3, 0.4) is 0 Å². The first-order valence-electron chi connectivity index (χ1n) is 2.01. The fourth-order valence-corrected chi connectivity index (χ4v) is 7.20. The van der Waals surface area contributed by atoms with Crippen molar-refractivity contribution in [2.45, 2.75) is 17.0 Å². The Kier molecular flexibility index (Phi) is 5.57. The van der Waals surface area contributed by atoms with Crippen molar-refractivity contribution >= 4 is 11.9 Å². The van der Waals surface area contributed by atoms with E-state index in [9.17, 15) is 0 Å². The molecule has 34 valence electrons. The Morgan fingerprint density at radius 1 is 2.00 bits per heavy atom. The van der Waals surface area contributed by atoms with Crippen molar-refractivity contribution in [3.05, 3.63) is 0 Å². The van der Waals surface area contributed by atoms with Gasteiger partial charge in [0.15, 0.2) is 0 Å². The van der Waals surface area contributed by atoms with Crippen molar-refractivity contribution in [3.63, 3.8) is 0 Å². The second-order valence-corrected chi connectivity index (χ2v) is 12.0. The molecule has 0 aliphatic rings. The van der Waals surface area contributed by atoms with E-state index in [1.54, 1.807) is 0 Å². The van der Waals surface area contributed by atoms with Crippen LogP contribution in [0.4, 0.5) is 0 Å². The number of aliphatic hydroxyl groups is 1. The molecule has 0 heterocycles. The average molecular weight is 340 g/mol. The van der Waals surface area contributed by atoms with Gasteiger partial charge < -0.3 is 0 Å². The van der Waals surface area contributed by atoms with Crippen molar-refractivity contribution in [2.75, 3.05) is 0 Å². The summed E-state index contributed by atoms with van der Waals surface area (Å²) in [6.07, 6.45) is -0.0500. The van der Waals surface area contributed by atoms with Crippen LogP contribution in [-0.2, 0) is 22.1 Å². The Bertz CT molecular complexity index is 32.0. The molecular formula is C3H7BrHgO. The maximum atomic E-state index is 8.58. The van der Waals surface area contributed by atoms with E-state index in [2.05, 4.69) is 11.9 Å². The third-order valence-corrected chi connectivity index (χ3v) is 8.64. The van der Waals surface area contributed by atoms with Crippen molar-refractivity contribution in [3.8, 4) is 0 Å². The summed E-state index contributed by atoms with van der Waals surface area (Å²) in [5, 5.41) is 8.58. The van der Waals surface area contributed by atoms with Crippen LogP contribution in [0.25, 0.3) is 0 Å². The van der Waals surface area contributed by atoms with Crippen LogP contribution in [0, 0.1) is 0 Å². The fraction of sp³-hybridized carbons (Fsp3) is 1.00. The molecule has 1 unspecified atom stereocenters. The predicted molar refractivity (Wildman–Crippen MR) is 25.4 cm³/mol. The van der Waals surface area contributed by atoms with Gasteiger partial charge >= 0.3 is 56.1 Å².